The molecule has 0 saturated carbocycles. The first-order chi connectivity index (χ1) is 11.2. The number of fused-ring (bicyclic) bond motifs is 1. The molecule has 5 N–H and O–H groups in total. The molecular weight excluding hydrogens is 325 g/mol. The van der Waals surface area contributed by atoms with Crippen molar-refractivity contribution < 1.29 is 33.4 Å². The number of ether oxygens (including phenoxy) is 1. The average Bonchev–Trinajstić information content (AvgIpc) is 2.90. The molecule has 0 aliphatic carbocycles. The number of benzene rings is 2. The van der Waals surface area contributed by atoms with Crippen LogP contribution in [0.5, 0.6) is 11.5 Å². The van der Waals surface area contributed by atoms with Gasteiger partial charge in [-0.25, -0.2) is 9.98 Å². The number of halogens is 3. The summed E-state index contributed by atoms with van der Waals surface area (Å²) in [5.74, 6) is -0.824. The third-order valence-corrected chi connectivity index (χ3v) is 3.40. The Bertz CT molecular complexity index is 941. The number of rotatable bonds is 3. The van der Waals surface area contributed by atoms with E-state index in [1.165, 1.54) is 0 Å². The molecule has 0 radical (unpaired) electrons. The van der Waals surface area contributed by atoms with Crippen LogP contribution in [0.3, 0.4) is 0 Å². The summed E-state index contributed by atoms with van der Waals surface area (Å²) in [7, 11) is 0. The molecule has 124 valence electrons. The van der Waals surface area contributed by atoms with Crippen molar-refractivity contribution in [1.82, 2.24) is 0 Å². The maximum atomic E-state index is 12.3. The number of nitrogens with zero attached hydrogens (tertiary/aromatic N) is 1. The van der Waals surface area contributed by atoms with Gasteiger partial charge in [0.05, 0.1) is 5.56 Å². The van der Waals surface area contributed by atoms with Gasteiger partial charge in [0.15, 0.2) is 0 Å². The molecule has 0 spiro atoms. The average molecular weight is 337 g/mol. The van der Waals surface area contributed by atoms with Crippen molar-refractivity contribution in [1.29, 1.82) is 0 Å². The van der Waals surface area contributed by atoms with Crippen LogP contribution in [0.4, 0.5) is 13.2 Å². The highest BCUT2D eigenvalue weighted by Gasteiger charge is 2.31. The minimum Gasteiger partial charge on any atom is -0.872 e. The highest BCUT2D eigenvalue weighted by molar-refractivity contribution is 5.92. The van der Waals surface area contributed by atoms with Gasteiger partial charge in [-0.3, -0.25) is 11.1 Å². The van der Waals surface area contributed by atoms with E-state index in [2.05, 4.69) is 14.7 Å². The van der Waals surface area contributed by atoms with E-state index < -0.39 is 24.0 Å². The molecule has 0 aromatic heterocycles. The minimum absolute atomic E-state index is 0.0409. The summed E-state index contributed by atoms with van der Waals surface area (Å²) < 4.78 is 40.8. The first kappa shape index (κ1) is 15.8. The summed E-state index contributed by atoms with van der Waals surface area (Å²) in [6.45, 7) is 0. The van der Waals surface area contributed by atoms with Gasteiger partial charge in [-0.05, 0) is 24.3 Å². The molecule has 9 heteroatoms. The Balaban J connectivity index is 2.01. The summed E-state index contributed by atoms with van der Waals surface area (Å²) in [6.07, 6.45) is -5.66. The van der Waals surface area contributed by atoms with Gasteiger partial charge in [-0.2, -0.15) is 0 Å². The first-order valence-corrected chi connectivity index (χ1v) is 6.79. The van der Waals surface area contributed by atoms with Crippen molar-refractivity contribution in [3.05, 3.63) is 58.2 Å². The summed E-state index contributed by atoms with van der Waals surface area (Å²) in [5, 5.41) is 18.6. The van der Waals surface area contributed by atoms with E-state index in [-0.39, 0.29) is 11.4 Å². The maximum absolute atomic E-state index is 12.3. The highest BCUT2D eigenvalue weighted by atomic mass is 19.4. The van der Waals surface area contributed by atoms with Crippen LogP contribution in [-0.2, 0) is 0 Å². The van der Waals surface area contributed by atoms with Crippen LogP contribution in [0.2, 0.25) is 0 Å². The Morgan fingerprint density at radius 3 is 2.67 bits per heavy atom. The summed E-state index contributed by atoms with van der Waals surface area (Å²) in [6, 6.07) is 7.96. The standard InChI is InChI=1S/C15H11F3N4O2/c16-15(17,18)24-8-2-4-12(23)9(6-8)14-21-10-3-1-7(13(19)20)5-11(10)22-14/h1-6,14,23H,(H3,19,20)/p+1. The summed E-state index contributed by atoms with van der Waals surface area (Å²) in [5.41, 5.74) is 6.12. The van der Waals surface area contributed by atoms with Crippen molar-refractivity contribution in [3.63, 3.8) is 0 Å². The fraction of sp³-hybridized carbons (Fsp3) is 0.133. The zero-order chi connectivity index (χ0) is 17.5. The van der Waals surface area contributed by atoms with Crippen LogP contribution in [0.1, 0.15) is 17.3 Å². The second kappa shape index (κ2) is 5.52. The largest absolute Gasteiger partial charge is 0.872 e. The normalized spacial score (nSPS) is 16.0. The molecule has 24 heavy (non-hydrogen) atoms. The molecule has 1 aliphatic rings. The van der Waals surface area contributed by atoms with E-state index in [1.807, 2.05) is 0 Å². The third kappa shape index (κ3) is 3.14. The van der Waals surface area contributed by atoms with E-state index in [0.717, 1.165) is 18.2 Å². The highest BCUT2D eigenvalue weighted by Crippen LogP contribution is 2.29. The van der Waals surface area contributed by atoms with Crippen LogP contribution >= 0.6 is 0 Å². The Morgan fingerprint density at radius 1 is 1.25 bits per heavy atom. The number of alkyl halides is 3. The molecule has 6 nitrogen and oxygen atoms in total. The number of hydrogen-bond donors (Lipinski definition) is 3. The Hall–Kier alpha value is -3.10. The lowest BCUT2D eigenvalue weighted by molar-refractivity contribution is -0.542. The van der Waals surface area contributed by atoms with E-state index in [1.54, 1.807) is 18.2 Å². The third-order valence-electron chi connectivity index (χ3n) is 3.40. The lowest BCUT2D eigenvalue weighted by Crippen LogP contribution is -2.76. The van der Waals surface area contributed by atoms with Gasteiger partial charge in [0, 0.05) is 11.6 Å². The summed E-state index contributed by atoms with van der Waals surface area (Å²) >= 11 is 0. The fourth-order valence-electron chi connectivity index (χ4n) is 2.34. The van der Waals surface area contributed by atoms with Crippen molar-refractivity contribution in [2.24, 2.45) is 10.7 Å². The van der Waals surface area contributed by atoms with Gasteiger partial charge in [0.2, 0.25) is 5.36 Å². The van der Waals surface area contributed by atoms with Crippen LogP contribution in [0.25, 0.3) is 0 Å². The number of nitrogens with two attached hydrogens (primary N) is 2. The van der Waals surface area contributed by atoms with Crippen molar-refractivity contribution >= 4 is 5.84 Å². The van der Waals surface area contributed by atoms with Gasteiger partial charge in [0.25, 0.3) is 12.0 Å². The predicted molar refractivity (Wildman–Crippen MR) is 72.8 cm³/mol. The van der Waals surface area contributed by atoms with Crippen molar-refractivity contribution in [3.8, 4) is 11.5 Å². The zero-order valence-corrected chi connectivity index (χ0v) is 12.1. The smallest absolute Gasteiger partial charge is 0.573 e. The van der Waals surface area contributed by atoms with Crippen molar-refractivity contribution in [2.45, 2.75) is 12.5 Å². The van der Waals surface area contributed by atoms with Crippen LogP contribution in [-0.4, -0.2) is 12.2 Å². The number of nitrogens with one attached hydrogen (secondary N) is 1. The minimum atomic E-state index is -4.84. The van der Waals surface area contributed by atoms with Gasteiger partial charge < -0.3 is 9.84 Å². The number of amidine groups is 1. The predicted octanol–water partition coefficient (Wildman–Crippen LogP) is -2.84. The molecule has 3 rings (SSSR count). The second-order valence-electron chi connectivity index (χ2n) is 5.11. The topological polar surface area (TPSA) is 110 Å². The van der Waals surface area contributed by atoms with E-state index >= 15 is 0 Å². The Morgan fingerprint density at radius 2 is 2.00 bits per heavy atom. The zero-order valence-electron chi connectivity index (χ0n) is 12.1. The SMILES string of the molecule is NC(=[NH2+])c1ccc2c(c1)=NC(c1cc(OC(F)(F)F)ccc1[O-])[NH+]=2. The van der Waals surface area contributed by atoms with E-state index in [4.69, 9.17) is 11.1 Å². The van der Waals surface area contributed by atoms with Crippen molar-refractivity contribution in [2.75, 3.05) is 0 Å². The monoisotopic (exact) mass is 337 g/mol. The quantitative estimate of drug-likeness (QED) is 0.414. The van der Waals surface area contributed by atoms with E-state index in [0.29, 0.717) is 16.3 Å². The molecule has 2 aromatic rings. The van der Waals surface area contributed by atoms with Crippen LogP contribution in [0, 0.1) is 0 Å². The van der Waals surface area contributed by atoms with Gasteiger partial charge >= 0.3 is 6.36 Å². The van der Waals surface area contributed by atoms with Gasteiger partial charge in [0.1, 0.15) is 11.1 Å². The molecule has 0 amide bonds. The fourth-order valence-corrected chi connectivity index (χ4v) is 2.34. The molecule has 1 aliphatic heterocycles. The molecular formula is C15H12F3N4O2+. The van der Waals surface area contributed by atoms with Gasteiger partial charge in [-0.1, -0.05) is 11.8 Å². The first-order valence-electron chi connectivity index (χ1n) is 6.79. The molecule has 0 fully saturated rings. The summed E-state index contributed by atoms with van der Waals surface area (Å²) in [4.78, 5) is 7.24. The molecule has 1 unspecified atom stereocenters. The maximum Gasteiger partial charge on any atom is 0.573 e. The molecule has 0 saturated heterocycles. The number of hydrogen-bond acceptors (Lipinski definition) is 3. The van der Waals surface area contributed by atoms with E-state index in [9.17, 15) is 18.3 Å². The van der Waals surface area contributed by atoms with Gasteiger partial charge in [-0.15, -0.1) is 13.2 Å². The molecule has 0 bridgehead atoms. The Kier molecular flexibility index (Phi) is 3.63. The molecule has 1 heterocycles. The second-order valence-corrected chi connectivity index (χ2v) is 5.11. The molecule has 2 aromatic carbocycles. The van der Waals surface area contributed by atoms with Crippen LogP contribution in [0.15, 0.2) is 41.4 Å². The Labute approximate surface area is 133 Å². The molecule has 1 atom stereocenters. The van der Waals surface area contributed by atoms with Crippen LogP contribution < -0.4 is 36.7 Å². The lowest BCUT2D eigenvalue weighted by atomic mass is 10.1. The lowest BCUT2D eigenvalue weighted by Gasteiger charge is -2.15.